The number of pyridine rings is 1. The van der Waals surface area contributed by atoms with Gasteiger partial charge < -0.3 is 4.90 Å². The summed E-state index contributed by atoms with van der Waals surface area (Å²) in [5, 5.41) is 4.09. The number of carbonyl (C=O) groups excluding carboxylic acids is 2. The van der Waals surface area contributed by atoms with E-state index in [1.165, 1.54) is 21.8 Å². The third-order valence-electron chi connectivity index (χ3n) is 5.88. The van der Waals surface area contributed by atoms with Crippen LogP contribution in [0, 0.1) is 24.5 Å². The topological polar surface area (TPSA) is 68.1 Å². The Bertz CT molecular complexity index is 1230. The third kappa shape index (κ3) is 4.55. The lowest BCUT2D eigenvalue weighted by Crippen LogP contribution is -2.40. The van der Waals surface area contributed by atoms with Gasteiger partial charge in [-0.05, 0) is 50.1 Å². The number of piperidine rings is 1. The van der Waals surface area contributed by atoms with E-state index in [-0.39, 0.29) is 48.8 Å². The number of ketones is 1. The smallest absolute Gasteiger partial charge is 0.338 e. The highest BCUT2D eigenvalue weighted by Crippen LogP contribution is 2.29. The summed E-state index contributed by atoms with van der Waals surface area (Å²) in [6.07, 6.45) is -1.93. The molecule has 0 radical (unpaired) electrons. The van der Waals surface area contributed by atoms with Crippen molar-refractivity contribution in [2.24, 2.45) is 5.92 Å². The van der Waals surface area contributed by atoms with Gasteiger partial charge in [-0.15, -0.1) is 0 Å². The Labute approximate surface area is 191 Å². The second-order valence-electron chi connectivity index (χ2n) is 8.01. The zero-order chi connectivity index (χ0) is 24.6. The Hall–Kier alpha value is -3.63. The minimum Gasteiger partial charge on any atom is -0.338 e. The van der Waals surface area contributed by atoms with Crippen LogP contribution in [0.4, 0.5) is 22.0 Å². The molecule has 0 unspecified atom stereocenters. The van der Waals surface area contributed by atoms with Crippen LogP contribution in [0.2, 0.25) is 0 Å². The minimum atomic E-state index is -4.51. The number of alkyl halides is 3. The molecule has 0 saturated carbocycles. The highest BCUT2D eigenvalue weighted by atomic mass is 19.4. The number of amides is 1. The maximum Gasteiger partial charge on any atom is 0.417 e. The molecule has 0 bridgehead atoms. The van der Waals surface area contributed by atoms with E-state index in [2.05, 4.69) is 10.1 Å². The molecule has 1 amide bonds. The fourth-order valence-electron chi connectivity index (χ4n) is 3.95. The lowest BCUT2D eigenvalue weighted by Gasteiger charge is -2.31. The average Bonchev–Trinajstić information content (AvgIpc) is 3.20. The molecule has 0 spiro atoms. The van der Waals surface area contributed by atoms with Crippen LogP contribution in [0.3, 0.4) is 0 Å². The second kappa shape index (κ2) is 8.96. The molecule has 11 heteroatoms. The number of benzene rings is 1. The molecule has 3 aromatic rings. The summed E-state index contributed by atoms with van der Waals surface area (Å²) in [5.74, 6) is -2.75. The third-order valence-corrected chi connectivity index (χ3v) is 5.88. The number of carbonyl (C=O) groups is 2. The first kappa shape index (κ1) is 23.5. The molecule has 1 saturated heterocycles. The molecule has 1 aromatic carbocycles. The van der Waals surface area contributed by atoms with Crippen LogP contribution in [-0.2, 0) is 6.18 Å². The summed E-state index contributed by atoms with van der Waals surface area (Å²) in [7, 11) is 0. The second-order valence-corrected chi connectivity index (χ2v) is 8.01. The molecular formula is C23H19F5N4O2. The maximum absolute atomic E-state index is 13.9. The van der Waals surface area contributed by atoms with Crippen LogP contribution in [0.15, 0.2) is 42.7 Å². The molecule has 0 atom stereocenters. The molecular weight excluding hydrogens is 459 g/mol. The van der Waals surface area contributed by atoms with Crippen LogP contribution < -0.4 is 0 Å². The van der Waals surface area contributed by atoms with Crippen molar-refractivity contribution in [3.05, 3.63) is 76.7 Å². The largest absolute Gasteiger partial charge is 0.417 e. The molecule has 0 aliphatic carbocycles. The summed E-state index contributed by atoms with van der Waals surface area (Å²) < 4.78 is 66.9. The number of nitrogens with zero attached hydrogens (tertiary/aromatic N) is 4. The molecule has 1 aliphatic rings. The standard InChI is InChI=1S/C23H19F5N4O2/c1-13-18(12-30-32(13)20-5-2-15(11-29-20)23(26,27)28)22(34)31-8-6-14(7-9-31)21(33)17-10-16(24)3-4-19(17)25/h2-5,10-12,14H,6-9H2,1H3. The lowest BCUT2D eigenvalue weighted by atomic mass is 9.88. The Morgan fingerprint density at radius 2 is 1.71 bits per heavy atom. The van der Waals surface area contributed by atoms with Gasteiger partial charge in [0.2, 0.25) is 0 Å². The van der Waals surface area contributed by atoms with E-state index in [9.17, 15) is 31.5 Å². The van der Waals surface area contributed by atoms with Crippen molar-refractivity contribution in [3.8, 4) is 5.82 Å². The molecule has 6 nitrogen and oxygen atoms in total. The number of Topliss-reactive ketones (excluding diaryl/α,β-unsaturated/α-hetero) is 1. The van der Waals surface area contributed by atoms with E-state index in [1.54, 1.807) is 6.92 Å². The van der Waals surface area contributed by atoms with Gasteiger partial charge in [-0.1, -0.05) is 0 Å². The van der Waals surface area contributed by atoms with Gasteiger partial charge in [-0.3, -0.25) is 9.59 Å². The van der Waals surface area contributed by atoms with Crippen LogP contribution >= 0.6 is 0 Å². The Balaban J connectivity index is 1.44. The van der Waals surface area contributed by atoms with Gasteiger partial charge in [-0.2, -0.15) is 18.3 Å². The van der Waals surface area contributed by atoms with Gasteiger partial charge in [0.25, 0.3) is 5.91 Å². The van der Waals surface area contributed by atoms with E-state index in [0.717, 1.165) is 24.3 Å². The fraction of sp³-hybridized carbons (Fsp3) is 0.304. The van der Waals surface area contributed by atoms with Gasteiger partial charge >= 0.3 is 6.18 Å². The normalized spacial score (nSPS) is 14.9. The first-order valence-electron chi connectivity index (χ1n) is 10.4. The van der Waals surface area contributed by atoms with E-state index in [4.69, 9.17) is 0 Å². The molecule has 1 fully saturated rings. The Kier molecular flexibility index (Phi) is 6.20. The van der Waals surface area contributed by atoms with Crippen molar-refractivity contribution in [2.75, 3.05) is 13.1 Å². The average molecular weight is 478 g/mol. The van der Waals surface area contributed by atoms with Crippen molar-refractivity contribution in [2.45, 2.75) is 25.9 Å². The van der Waals surface area contributed by atoms with Gasteiger partial charge in [0.1, 0.15) is 11.6 Å². The first-order chi connectivity index (χ1) is 16.1. The highest BCUT2D eigenvalue weighted by molar-refractivity contribution is 5.99. The molecule has 178 valence electrons. The SMILES string of the molecule is Cc1c(C(=O)N2CCC(C(=O)c3cc(F)ccc3F)CC2)cnn1-c1ccc(C(F)(F)F)cn1. The predicted molar refractivity (Wildman–Crippen MR) is 110 cm³/mol. The molecule has 4 rings (SSSR count). The van der Waals surface area contributed by atoms with Gasteiger partial charge in [0, 0.05) is 25.2 Å². The number of hydrogen-bond acceptors (Lipinski definition) is 4. The van der Waals surface area contributed by atoms with Gasteiger partial charge in [0.05, 0.1) is 28.6 Å². The summed E-state index contributed by atoms with van der Waals surface area (Å²) in [4.78, 5) is 30.9. The van der Waals surface area contributed by atoms with Gasteiger partial charge in [-0.25, -0.2) is 18.4 Å². The van der Waals surface area contributed by atoms with E-state index in [0.29, 0.717) is 11.9 Å². The van der Waals surface area contributed by atoms with Crippen molar-refractivity contribution >= 4 is 11.7 Å². The Morgan fingerprint density at radius 1 is 1.00 bits per heavy atom. The number of halogens is 5. The number of likely N-dealkylation sites (tertiary alicyclic amines) is 1. The molecule has 1 aliphatic heterocycles. The van der Waals surface area contributed by atoms with Gasteiger partial charge in [0.15, 0.2) is 11.6 Å². The Morgan fingerprint density at radius 3 is 2.32 bits per heavy atom. The molecule has 3 heterocycles. The summed E-state index contributed by atoms with van der Waals surface area (Å²) in [5.41, 5.74) is -0.543. The van der Waals surface area contributed by atoms with Crippen LogP contribution in [0.5, 0.6) is 0 Å². The maximum atomic E-state index is 13.9. The van der Waals surface area contributed by atoms with Crippen molar-refractivity contribution in [3.63, 3.8) is 0 Å². The van der Waals surface area contributed by atoms with Crippen molar-refractivity contribution < 1.29 is 31.5 Å². The highest BCUT2D eigenvalue weighted by Gasteiger charge is 2.32. The molecule has 2 aromatic heterocycles. The molecule has 0 N–H and O–H groups in total. The quantitative estimate of drug-likeness (QED) is 0.406. The summed E-state index contributed by atoms with van der Waals surface area (Å²) in [6, 6.07) is 4.78. The summed E-state index contributed by atoms with van der Waals surface area (Å²) >= 11 is 0. The number of aromatic nitrogens is 3. The first-order valence-corrected chi connectivity index (χ1v) is 10.4. The lowest BCUT2D eigenvalue weighted by molar-refractivity contribution is -0.137. The predicted octanol–water partition coefficient (Wildman–Crippen LogP) is 4.61. The van der Waals surface area contributed by atoms with E-state index >= 15 is 0 Å². The van der Waals surface area contributed by atoms with Crippen LogP contribution in [-0.4, -0.2) is 44.4 Å². The van der Waals surface area contributed by atoms with E-state index in [1.807, 2.05) is 0 Å². The van der Waals surface area contributed by atoms with Crippen LogP contribution in [0.25, 0.3) is 5.82 Å². The number of hydrogen-bond donors (Lipinski definition) is 0. The summed E-state index contributed by atoms with van der Waals surface area (Å²) in [6.45, 7) is 2.06. The number of rotatable bonds is 4. The fourth-order valence-corrected chi connectivity index (χ4v) is 3.95. The van der Waals surface area contributed by atoms with Crippen LogP contribution in [0.1, 0.15) is 44.8 Å². The van der Waals surface area contributed by atoms with E-state index < -0.39 is 35.1 Å². The molecule has 34 heavy (non-hydrogen) atoms. The minimum absolute atomic E-state index is 0.131. The monoisotopic (exact) mass is 478 g/mol. The zero-order valence-electron chi connectivity index (χ0n) is 17.9. The zero-order valence-corrected chi connectivity index (χ0v) is 17.9. The van der Waals surface area contributed by atoms with Crippen molar-refractivity contribution in [1.82, 2.24) is 19.7 Å². The van der Waals surface area contributed by atoms with Crippen molar-refractivity contribution in [1.29, 1.82) is 0 Å².